The molecule has 2 aromatic rings. The molecule has 17 heavy (non-hydrogen) atoms. The molecule has 0 fully saturated rings. The van der Waals surface area contributed by atoms with Crippen molar-refractivity contribution in [3.63, 3.8) is 0 Å². The standard InChI is InChI=1S/C10H11ClN2O3S/c1-6(2)13-9-5-7(11)3-4-8(9)12-10(13)17(14,15)16/h3-6H,1-2H3,(H,14,15,16). The first-order valence-electron chi connectivity index (χ1n) is 4.95. The third-order valence-corrected chi connectivity index (χ3v) is 3.35. The van der Waals surface area contributed by atoms with Crippen LogP contribution >= 0.6 is 11.6 Å². The number of halogens is 1. The van der Waals surface area contributed by atoms with Crippen molar-refractivity contribution in [3.8, 4) is 0 Å². The van der Waals surface area contributed by atoms with E-state index in [4.69, 9.17) is 16.2 Å². The van der Waals surface area contributed by atoms with Gasteiger partial charge >= 0.3 is 10.1 Å². The van der Waals surface area contributed by atoms with Crippen LogP contribution in [0.4, 0.5) is 0 Å². The van der Waals surface area contributed by atoms with E-state index >= 15 is 0 Å². The lowest BCUT2D eigenvalue weighted by Crippen LogP contribution is -2.11. The smallest absolute Gasteiger partial charge is 0.310 e. The lowest BCUT2D eigenvalue weighted by atomic mass is 10.3. The molecule has 1 aromatic carbocycles. The molecule has 1 heterocycles. The van der Waals surface area contributed by atoms with Crippen molar-refractivity contribution in [1.82, 2.24) is 9.55 Å². The third-order valence-electron chi connectivity index (χ3n) is 2.37. The molecular weight excluding hydrogens is 264 g/mol. The van der Waals surface area contributed by atoms with Crippen LogP contribution in [-0.4, -0.2) is 22.5 Å². The summed E-state index contributed by atoms with van der Waals surface area (Å²) in [6.45, 7) is 3.60. The van der Waals surface area contributed by atoms with Gasteiger partial charge in [-0.1, -0.05) is 11.6 Å². The van der Waals surface area contributed by atoms with E-state index in [2.05, 4.69) is 4.98 Å². The largest absolute Gasteiger partial charge is 0.328 e. The van der Waals surface area contributed by atoms with Crippen LogP contribution in [-0.2, 0) is 10.1 Å². The summed E-state index contributed by atoms with van der Waals surface area (Å²) in [6.07, 6.45) is 0. The molecule has 0 radical (unpaired) electrons. The van der Waals surface area contributed by atoms with Crippen LogP contribution in [0.5, 0.6) is 0 Å². The third kappa shape index (κ3) is 2.15. The number of hydrogen-bond acceptors (Lipinski definition) is 3. The first kappa shape index (κ1) is 12.3. The molecule has 5 nitrogen and oxygen atoms in total. The lowest BCUT2D eigenvalue weighted by molar-refractivity contribution is 0.454. The molecule has 0 saturated carbocycles. The lowest BCUT2D eigenvalue weighted by Gasteiger charge is -2.10. The van der Waals surface area contributed by atoms with E-state index in [-0.39, 0.29) is 11.2 Å². The molecule has 1 aromatic heterocycles. The number of rotatable bonds is 2. The number of nitrogens with zero attached hydrogens (tertiary/aromatic N) is 2. The van der Waals surface area contributed by atoms with Crippen LogP contribution in [0.1, 0.15) is 19.9 Å². The minimum Gasteiger partial charge on any atom is -0.310 e. The highest BCUT2D eigenvalue weighted by molar-refractivity contribution is 7.85. The Kier molecular flexibility index (Phi) is 2.89. The molecule has 0 bridgehead atoms. The second kappa shape index (κ2) is 3.97. The van der Waals surface area contributed by atoms with Crippen molar-refractivity contribution in [2.45, 2.75) is 25.0 Å². The van der Waals surface area contributed by atoms with Crippen molar-refractivity contribution in [2.75, 3.05) is 0 Å². The van der Waals surface area contributed by atoms with Gasteiger partial charge in [0.25, 0.3) is 5.16 Å². The van der Waals surface area contributed by atoms with E-state index in [1.807, 2.05) is 0 Å². The molecule has 7 heteroatoms. The summed E-state index contributed by atoms with van der Waals surface area (Å²) in [6, 6.07) is 4.70. The maximum Gasteiger partial charge on any atom is 0.328 e. The van der Waals surface area contributed by atoms with Gasteiger partial charge in [-0.25, -0.2) is 4.98 Å². The number of fused-ring (bicyclic) bond motifs is 1. The van der Waals surface area contributed by atoms with Gasteiger partial charge in [0.2, 0.25) is 0 Å². The predicted octanol–water partition coefficient (Wildman–Crippen LogP) is 2.52. The van der Waals surface area contributed by atoms with Crippen molar-refractivity contribution in [2.24, 2.45) is 0 Å². The highest BCUT2D eigenvalue weighted by Gasteiger charge is 2.22. The molecule has 0 amide bonds. The zero-order valence-electron chi connectivity index (χ0n) is 9.25. The number of hydrogen-bond donors (Lipinski definition) is 1. The van der Waals surface area contributed by atoms with Gasteiger partial charge in [-0.3, -0.25) is 4.55 Å². The van der Waals surface area contributed by atoms with Gasteiger partial charge in [0, 0.05) is 11.1 Å². The van der Waals surface area contributed by atoms with Crippen LogP contribution in [0.2, 0.25) is 5.02 Å². The fraction of sp³-hybridized carbons (Fsp3) is 0.300. The molecule has 0 unspecified atom stereocenters. The van der Waals surface area contributed by atoms with Crippen LogP contribution < -0.4 is 0 Å². The van der Waals surface area contributed by atoms with Crippen LogP contribution in [0, 0.1) is 0 Å². The first-order chi connectivity index (χ1) is 7.80. The Labute approximate surface area is 104 Å². The zero-order chi connectivity index (χ0) is 12.8. The van der Waals surface area contributed by atoms with Crippen molar-refractivity contribution < 1.29 is 13.0 Å². The second-order valence-electron chi connectivity index (χ2n) is 3.97. The Morgan fingerprint density at radius 3 is 2.59 bits per heavy atom. The summed E-state index contributed by atoms with van der Waals surface area (Å²) in [7, 11) is -4.34. The second-order valence-corrected chi connectivity index (χ2v) is 5.72. The molecule has 0 saturated heterocycles. The molecule has 0 aliphatic carbocycles. The van der Waals surface area contributed by atoms with Crippen LogP contribution in [0.15, 0.2) is 23.4 Å². The van der Waals surface area contributed by atoms with E-state index in [0.717, 1.165) is 0 Å². The molecule has 0 spiro atoms. The van der Waals surface area contributed by atoms with Crippen LogP contribution in [0.3, 0.4) is 0 Å². The van der Waals surface area contributed by atoms with Crippen molar-refractivity contribution in [3.05, 3.63) is 23.2 Å². The summed E-state index contributed by atoms with van der Waals surface area (Å²) in [5.74, 6) is 0. The average molecular weight is 275 g/mol. The van der Waals surface area contributed by atoms with E-state index in [1.165, 1.54) is 4.57 Å². The first-order valence-corrected chi connectivity index (χ1v) is 6.77. The Morgan fingerprint density at radius 2 is 2.06 bits per heavy atom. The molecule has 92 valence electrons. The maximum absolute atomic E-state index is 11.3. The minimum absolute atomic E-state index is 0.157. The SMILES string of the molecule is CC(C)n1c(S(=O)(=O)O)nc2ccc(Cl)cc21. The van der Waals surface area contributed by atoms with Gasteiger partial charge in [0.15, 0.2) is 0 Å². The monoisotopic (exact) mass is 274 g/mol. The maximum atomic E-state index is 11.3. The Balaban J connectivity index is 2.91. The predicted molar refractivity (Wildman–Crippen MR) is 64.9 cm³/mol. The van der Waals surface area contributed by atoms with Crippen molar-refractivity contribution in [1.29, 1.82) is 0 Å². The Morgan fingerprint density at radius 1 is 1.41 bits per heavy atom. The summed E-state index contributed by atoms with van der Waals surface area (Å²) in [5.41, 5.74) is 1.07. The summed E-state index contributed by atoms with van der Waals surface area (Å²) in [5, 5.41) is 0.131. The summed E-state index contributed by atoms with van der Waals surface area (Å²) in [4.78, 5) is 3.91. The fourth-order valence-corrected chi connectivity index (χ4v) is 2.66. The summed E-state index contributed by atoms with van der Waals surface area (Å²) < 4.78 is 33.1. The van der Waals surface area contributed by atoms with Crippen LogP contribution in [0.25, 0.3) is 11.0 Å². The summed E-state index contributed by atoms with van der Waals surface area (Å²) >= 11 is 5.87. The van der Waals surface area contributed by atoms with Gasteiger partial charge < -0.3 is 4.57 Å². The molecule has 0 aliphatic heterocycles. The normalized spacial score (nSPS) is 12.5. The highest BCUT2D eigenvalue weighted by Crippen LogP contribution is 2.26. The van der Waals surface area contributed by atoms with E-state index in [9.17, 15) is 8.42 Å². The van der Waals surface area contributed by atoms with E-state index < -0.39 is 10.1 Å². The number of benzene rings is 1. The number of imidazole rings is 1. The molecule has 0 atom stereocenters. The van der Waals surface area contributed by atoms with Crippen molar-refractivity contribution >= 4 is 32.8 Å². The molecule has 2 rings (SSSR count). The van der Waals surface area contributed by atoms with Gasteiger partial charge in [0.1, 0.15) is 0 Å². The van der Waals surface area contributed by atoms with Gasteiger partial charge in [-0.15, -0.1) is 0 Å². The number of aromatic nitrogens is 2. The van der Waals surface area contributed by atoms with Gasteiger partial charge in [-0.05, 0) is 32.0 Å². The minimum atomic E-state index is -4.34. The zero-order valence-corrected chi connectivity index (χ0v) is 10.8. The van der Waals surface area contributed by atoms with Gasteiger partial charge in [-0.2, -0.15) is 8.42 Å². The van der Waals surface area contributed by atoms with Gasteiger partial charge in [0.05, 0.1) is 11.0 Å². The molecule has 1 N–H and O–H groups in total. The average Bonchev–Trinajstić information content (AvgIpc) is 2.55. The topological polar surface area (TPSA) is 72.2 Å². The Hall–Kier alpha value is -1.11. The fourth-order valence-electron chi connectivity index (χ4n) is 1.73. The Bertz CT molecular complexity index is 676. The highest BCUT2D eigenvalue weighted by atomic mass is 35.5. The van der Waals surface area contributed by atoms with E-state index in [1.54, 1.807) is 32.0 Å². The van der Waals surface area contributed by atoms with E-state index in [0.29, 0.717) is 16.1 Å². The molecular formula is C10H11ClN2O3S. The molecule has 0 aliphatic rings. The quantitative estimate of drug-likeness (QED) is 0.854.